The second-order valence-corrected chi connectivity index (χ2v) is 10.2. The molecule has 1 atom stereocenters. The van der Waals surface area contributed by atoms with Gasteiger partial charge in [-0.25, -0.2) is 9.18 Å². The van der Waals surface area contributed by atoms with Gasteiger partial charge >= 0.3 is 6.03 Å². The van der Waals surface area contributed by atoms with Gasteiger partial charge in [-0.3, -0.25) is 4.79 Å². The van der Waals surface area contributed by atoms with E-state index in [2.05, 4.69) is 24.1 Å². The van der Waals surface area contributed by atoms with E-state index in [0.717, 1.165) is 51.0 Å². The van der Waals surface area contributed by atoms with Crippen LogP contribution in [-0.4, -0.2) is 73.0 Å². The summed E-state index contributed by atoms with van der Waals surface area (Å²) in [5, 5.41) is 2.92. The van der Waals surface area contributed by atoms with E-state index in [9.17, 15) is 14.0 Å². The van der Waals surface area contributed by atoms with Crippen molar-refractivity contribution in [3.63, 3.8) is 0 Å². The number of piperidine rings is 1. The maximum Gasteiger partial charge on any atom is 0.317 e. The number of halogens is 1. The summed E-state index contributed by atoms with van der Waals surface area (Å²) in [4.78, 5) is 32.3. The van der Waals surface area contributed by atoms with E-state index in [4.69, 9.17) is 0 Å². The SMILES string of the molecule is CC(C)CN1CC2(CCN(C(=O)NCc3cccc(F)c3)CC2)[C@@]2(CCN(C)C2=O)C1. The number of likely N-dealkylation sites (tertiary alicyclic amines) is 3. The van der Waals surface area contributed by atoms with Crippen molar-refractivity contribution in [2.24, 2.45) is 16.7 Å². The fourth-order valence-corrected chi connectivity index (χ4v) is 6.11. The van der Waals surface area contributed by atoms with E-state index >= 15 is 0 Å². The number of fused-ring (bicyclic) bond motifs is 1. The molecule has 170 valence electrons. The topological polar surface area (TPSA) is 55.9 Å². The van der Waals surface area contributed by atoms with Gasteiger partial charge in [0.1, 0.15) is 5.82 Å². The van der Waals surface area contributed by atoms with Crippen molar-refractivity contribution in [2.45, 2.75) is 39.7 Å². The number of amides is 3. The maximum absolute atomic E-state index is 13.4. The van der Waals surface area contributed by atoms with E-state index in [1.54, 1.807) is 6.07 Å². The first kappa shape index (κ1) is 22.1. The normalized spacial score (nSPS) is 25.9. The molecule has 0 aliphatic carbocycles. The average molecular weight is 431 g/mol. The number of rotatable bonds is 4. The summed E-state index contributed by atoms with van der Waals surface area (Å²) in [7, 11) is 1.92. The number of benzene rings is 1. The zero-order valence-electron chi connectivity index (χ0n) is 19.0. The molecule has 0 bridgehead atoms. The van der Waals surface area contributed by atoms with Gasteiger partial charge in [-0.1, -0.05) is 26.0 Å². The van der Waals surface area contributed by atoms with Gasteiger partial charge in [0.15, 0.2) is 0 Å². The maximum atomic E-state index is 13.4. The molecule has 3 saturated heterocycles. The Balaban J connectivity index is 1.42. The second kappa shape index (κ2) is 8.41. The Morgan fingerprint density at radius 1 is 1.16 bits per heavy atom. The van der Waals surface area contributed by atoms with Crippen molar-refractivity contribution in [1.29, 1.82) is 0 Å². The highest BCUT2D eigenvalue weighted by Gasteiger charge is 2.64. The first-order valence-corrected chi connectivity index (χ1v) is 11.5. The second-order valence-electron chi connectivity index (χ2n) is 10.2. The van der Waals surface area contributed by atoms with E-state index in [1.807, 2.05) is 22.9 Å². The van der Waals surface area contributed by atoms with E-state index in [1.165, 1.54) is 12.1 Å². The number of urea groups is 1. The van der Waals surface area contributed by atoms with Crippen molar-refractivity contribution in [2.75, 3.05) is 46.3 Å². The molecule has 3 heterocycles. The minimum atomic E-state index is -0.305. The number of carbonyl (C=O) groups is 2. The van der Waals surface area contributed by atoms with Gasteiger partial charge in [-0.15, -0.1) is 0 Å². The first-order chi connectivity index (χ1) is 14.7. The Labute approximate surface area is 184 Å². The summed E-state index contributed by atoms with van der Waals surface area (Å²) >= 11 is 0. The summed E-state index contributed by atoms with van der Waals surface area (Å²) < 4.78 is 13.4. The zero-order valence-corrected chi connectivity index (χ0v) is 19.0. The van der Waals surface area contributed by atoms with E-state index < -0.39 is 0 Å². The highest BCUT2D eigenvalue weighted by Crippen LogP contribution is 2.57. The lowest BCUT2D eigenvalue weighted by molar-refractivity contribution is -0.141. The van der Waals surface area contributed by atoms with Crippen LogP contribution >= 0.6 is 0 Å². The molecule has 1 aromatic carbocycles. The van der Waals surface area contributed by atoms with E-state index in [0.29, 0.717) is 31.5 Å². The van der Waals surface area contributed by atoms with Crippen LogP contribution in [0.1, 0.15) is 38.7 Å². The Bertz CT molecular complexity index is 837. The van der Waals surface area contributed by atoms with Crippen LogP contribution in [0.25, 0.3) is 0 Å². The average Bonchev–Trinajstić information content (AvgIpc) is 3.18. The fraction of sp³-hybridized carbons (Fsp3) is 0.667. The lowest BCUT2D eigenvalue weighted by Crippen LogP contribution is -2.54. The molecule has 4 rings (SSSR count). The van der Waals surface area contributed by atoms with E-state index in [-0.39, 0.29) is 22.7 Å². The third-order valence-electron chi connectivity index (χ3n) is 7.63. The summed E-state index contributed by atoms with van der Waals surface area (Å²) in [6.07, 6.45) is 2.63. The number of hydrogen-bond donors (Lipinski definition) is 1. The van der Waals surface area contributed by atoms with Gasteiger partial charge in [0.2, 0.25) is 5.91 Å². The number of carbonyl (C=O) groups excluding carboxylic acids is 2. The summed E-state index contributed by atoms with van der Waals surface area (Å²) in [5.74, 6) is 0.563. The van der Waals surface area contributed by atoms with Crippen molar-refractivity contribution >= 4 is 11.9 Å². The molecule has 6 nitrogen and oxygen atoms in total. The van der Waals surface area contributed by atoms with Gasteiger partial charge in [0, 0.05) is 58.3 Å². The molecule has 0 unspecified atom stereocenters. The Morgan fingerprint density at radius 2 is 1.90 bits per heavy atom. The zero-order chi connectivity index (χ0) is 22.2. The van der Waals surface area contributed by atoms with Crippen molar-refractivity contribution in [3.05, 3.63) is 35.6 Å². The van der Waals surface area contributed by atoms with Crippen LogP contribution in [-0.2, 0) is 11.3 Å². The molecule has 3 fully saturated rings. The first-order valence-electron chi connectivity index (χ1n) is 11.5. The Morgan fingerprint density at radius 3 is 2.52 bits per heavy atom. The molecule has 0 aromatic heterocycles. The highest BCUT2D eigenvalue weighted by atomic mass is 19.1. The molecule has 1 N–H and O–H groups in total. The molecule has 3 aliphatic rings. The van der Waals surface area contributed by atoms with Crippen LogP contribution < -0.4 is 5.32 Å². The molecular formula is C24H35FN4O2. The van der Waals surface area contributed by atoms with Crippen molar-refractivity contribution in [1.82, 2.24) is 20.0 Å². The van der Waals surface area contributed by atoms with Crippen LogP contribution in [0.3, 0.4) is 0 Å². The number of nitrogens with one attached hydrogen (secondary N) is 1. The molecule has 0 saturated carbocycles. The molecule has 3 aliphatic heterocycles. The van der Waals surface area contributed by atoms with Gasteiger partial charge in [0.25, 0.3) is 0 Å². The molecule has 7 heteroatoms. The third-order valence-corrected chi connectivity index (χ3v) is 7.63. The Kier molecular flexibility index (Phi) is 5.99. The molecule has 3 amide bonds. The molecule has 0 radical (unpaired) electrons. The molecular weight excluding hydrogens is 395 g/mol. The summed E-state index contributed by atoms with van der Waals surface area (Å²) in [5.41, 5.74) is 0.393. The largest absolute Gasteiger partial charge is 0.345 e. The van der Waals surface area contributed by atoms with Crippen molar-refractivity contribution in [3.8, 4) is 0 Å². The predicted octanol–water partition coefficient (Wildman–Crippen LogP) is 2.94. The standard InChI is InChI=1S/C24H35FN4O2/c1-18(2)15-28-16-23(24(17-28)9-10-27(3)21(24)30)7-11-29(12-8-23)22(31)26-14-19-5-4-6-20(25)13-19/h4-6,13,18H,7-12,14-17H2,1-3H3,(H,26,31)/t24-/m0/s1. The monoisotopic (exact) mass is 430 g/mol. The van der Waals surface area contributed by atoms with Crippen LogP contribution in [0.15, 0.2) is 24.3 Å². The smallest absolute Gasteiger partial charge is 0.317 e. The lowest BCUT2D eigenvalue weighted by atomic mass is 9.60. The van der Waals surface area contributed by atoms with Crippen LogP contribution in [0.4, 0.5) is 9.18 Å². The minimum Gasteiger partial charge on any atom is -0.345 e. The number of nitrogens with zero attached hydrogens (tertiary/aromatic N) is 3. The highest BCUT2D eigenvalue weighted by molar-refractivity contribution is 5.86. The minimum absolute atomic E-state index is 0.0525. The van der Waals surface area contributed by atoms with Gasteiger partial charge < -0.3 is 20.0 Å². The van der Waals surface area contributed by atoms with Gasteiger partial charge in [-0.05, 0) is 42.9 Å². The summed E-state index contributed by atoms with van der Waals surface area (Å²) in [6.45, 7) is 9.72. The fourth-order valence-electron chi connectivity index (χ4n) is 6.11. The van der Waals surface area contributed by atoms with Crippen LogP contribution in [0.2, 0.25) is 0 Å². The third kappa shape index (κ3) is 4.04. The Hall–Kier alpha value is -2.15. The van der Waals surface area contributed by atoms with Gasteiger partial charge in [-0.2, -0.15) is 0 Å². The van der Waals surface area contributed by atoms with Crippen LogP contribution in [0, 0.1) is 22.6 Å². The molecule has 31 heavy (non-hydrogen) atoms. The molecule has 1 aromatic rings. The lowest BCUT2D eigenvalue weighted by Gasteiger charge is -2.46. The van der Waals surface area contributed by atoms with Crippen LogP contribution in [0.5, 0.6) is 0 Å². The summed E-state index contributed by atoms with van der Waals surface area (Å²) in [6, 6.07) is 6.19. The number of hydrogen-bond acceptors (Lipinski definition) is 3. The van der Waals surface area contributed by atoms with Crippen molar-refractivity contribution < 1.29 is 14.0 Å². The quantitative estimate of drug-likeness (QED) is 0.799. The predicted molar refractivity (Wildman–Crippen MR) is 118 cm³/mol. The van der Waals surface area contributed by atoms with Gasteiger partial charge in [0.05, 0.1) is 5.41 Å². The molecule has 2 spiro atoms.